The van der Waals surface area contributed by atoms with Crippen LogP contribution in [0.5, 0.6) is 0 Å². The average Bonchev–Trinajstić information content (AvgIpc) is 3.07. The lowest BCUT2D eigenvalue weighted by molar-refractivity contribution is -0.141. The molecule has 0 unspecified atom stereocenters. The molecule has 0 aliphatic rings. The van der Waals surface area contributed by atoms with Crippen LogP contribution in [-0.2, 0) is 34.0 Å². The molecule has 0 fully saturated rings. The molecule has 0 aliphatic carbocycles. The summed E-state index contributed by atoms with van der Waals surface area (Å²) in [5.74, 6) is -1.09. The summed E-state index contributed by atoms with van der Waals surface area (Å²) in [7, 11) is 0. The zero-order valence-electron chi connectivity index (χ0n) is 15.5. The number of carbonyl (C=O) groups excluding carboxylic acids is 3. The third-order valence-electron chi connectivity index (χ3n) is 3.59. The van der Waals surface area contributed by atoms with E-state index in [9.17, 15) is 14.4 Å². The normalized spacial score (nSPS) is 10.3. The summed E-state index contributed by atoms with van der Waals surface area (Å²) in [6.45, 7) is 1.91. The van der Waals surface area contributed by atoms with E-state index in [2.05, 4.69) is 15.6 Å². The molecule has 1 aromatic carbocycles. The highest BCUT2D eigenvalue weighted by Crippen LogP contribution is 2.11. The first-order valence-corrected chi connectivity index (χ1v) is 8.57. The van der Waals surface area contributed by atoms with Gasteiger partial charge in [-0.2, -0.15) is 0 Å². The Labute approximate surface area is 161 Å². The van der Waals surface area contributed by atoms with E-state index >= 15 is 0 Å². The fourth-order valence-corrected chi connectivity index (χ4v) is 2.36. The molecule has 11 heteroatoms. The number of esters is 1. The van der Waals surface area contributed by atoms with Gasteiger partial charge in [-0.05, 0) is 24.6 Å². The molecular formula is C17H23N7O4. The van der Waals surface area contributed by atoms with Crippen LogP contribution in [0.4, 0.5) is 10.5 Å². The number of hydrogen-bond acceptors (Lipinski definition) is 7. The maximum Gasteiger partial charge on any atom is 0.325 e. The summed E-state index contributed by atoms with van der Waals surface area (Å²) >= 11 is 0. The van der Waals surface area contributed by atoms with Gasteiger partial charge < -0.3 is 26.4 Å². The minimum Gasteiger partial charge on any atom is -0.465 e. The van der Waals surface area contributed by atoms with Crippen molar-refractivity contribution < 1.29 is 19.1 Å². The molecule has 28 heavy (non-hydrogen) atoms. The molecule has 0 saturated heterocycles. The number of anilines is 1. The SMILES string of the molecule is CCOC(=O)CNC(=O)N(Cc1ccc(N)cc1)Cc1cn(CC(N)=O)nn1. The van der Waals surface area contributed by atoms with Crippen LogP contribution >= 0.6 is 0 Å². The number of nitrogens with zero attached hydrogens (tertiary/aromatic N) is 4. The molecule has 11 nitrogen and oxygen atoms in total. The molecule has 2 rings (SSSR count). The van der Waals surface area contributed by atoms with Crippen LogP contribution in [0.2, 0.25) is 0 Å². The minimum absolute atomic E-state index is 0.109. The van der Waals surface area contributed by atoms with Crippen molar-refractivity contribution in [1.29, 1.82) is 0 Å². The molecule has 1 heterocycles. The van der Waals surface area contributed by atoms with Gasteiger partial charge >= 0.3 is 12.0 Å². The molecule has 0 aliphatic heterocycles. The van der Waals surface area contributed by atoms with Crippen molar-refractivity contribution in [2.75, 3.05) is 18.9 Å². The topological polar surface area (TPSA) is 158 Å². The third-order valence-corrected chi connectivity index (χ3v) is 3.59. The molecule has 150 valence electrons. The van der Waals surface area contributed by atoms with E-state index in [1.807, 2.05) is 0 Å². The highest BCUT2D eigenvalue weighted by atomic mass is 16.5. The molecule has 0 spiro atoms. The molecule has 5 N–H and O–H groups in total. The lowest BCUT2D eigenvalue weighted by atomic mass is 10.2. The number of rotatable bonds is 9. The van der Waals surface area contributed by atoms with Gasteiger partial charge in [0.15, 0.2) is 0 Å². The van der Waals surface area contributed by atoms with Crippen LogP contribution in [0.1, 0.15) is 18.2 Å². The number of ether oxygens (including phenoxy) is 1. The standard InChI is InChI=1S/C17H23N7O4/c1-2-28-16(26)7-20-17(27)23(8-12-3-5-13(18)6-4-12)9-14-10-24(22-21-14)11-15(19)25/h3-6,10H,2,7-9,11,18H2,1H3,(H2,19,25)(H,20,27). The van der Waals surface area contributed by atoms with E-state index in [-0.39, 0.29) is 32.8 Å². The number of amides is 3. The second-order valence-corrected chi connectivity index (χ2v) is 5.94. The van der Waals surface area contributed by atoms with Crippen molar-refractivity contribution in [2.24, 2.45) is 5.73 Å². The summed E-state index contributed by atoms with van der Waals surface area (Å²) in [6, 6.07) is 6.57. The largest absolute Gasteiger partial charge is 0.465 e. The van der Waals surface area contributed by atoms with Gasteiger partial charge in [0.1, 0.15) is 18.8 Å². The van der Waals surface area contributed by atoms with Crippen LogP contribution in [-0.4, -0.2) is 51.0 Å². The number of carbonyl (C=O) groups is 3. The molecule has 2 aromatic rings. The van der Waals surface area contributed by atoms with Crippen LogP contribution in [0.15, 0.2) is 30.5 Å². The van der Waals surface area contributed by atoms with E-state index in [0.29, 0.717) is 11.4 Å². The Morgan fingerprint density at radius 2 is 1.93 bits per heavy atom. The second kappa shape index (κ2) is 9.90. The number of aromatic nitrogens is 3. The smallest absolute Gasteiger partial charge is 0.325 e. The highest BCUT2D eigenvalue weighted by molar-refractivity contribution is 5.80. The Bertz CT molecular complexity index is 819. The number of nitrogen functional groups attached to an aromatic ring is 1. The van der Waals surface area contributed by atoms with Gasteiger partial charge in [0.25, 0.3) is 0 Å². The van der Waals surface area contributed by atoms with Gasteiger partial charge in [-0.1, -0.05) is 17.3 Å². The van der Waals surface area contributed by atoms with Crippen LogP contribution in [0.3, 0.4) is 0 Å². The van der Waals surface area contributed by atoms with Gasteiger partial charge in [-0.3, -0.25) is 9.59 Å². The predicted octanol–water partition coefficient (Wildman–Crippen LogP) is -0.379. The van der Waals surface area contributed by atoms with Crippen LogP contribution in [0.25, 0.3) is 0 Å². The van der Waals surface area contributed by atoms with Crippen LogP contribution in [0, 0.1) is 0 Å². The number of urea groups is 1. The lowest BCUT2D eigenvalue weighted by Gasteiger charge is -2.22. The average molecular weight is 389 g/mol. The molecule has 1 aromatic heterocycles. The molecule has 0 saturated carbocycles. The summed E-state index contributed by atoms with van der Waals surface area (Å²) in [4.78, 5) is 36.5. The molecule has 0 radical (unpaired) electrons. The fraction of sp³-hybridized carbons (Fsp3) is 0.353. The summed E-state index contributed by atoms with van der Waals surface area (Å²) in [6.07, 6.45) is 1.53. The Morgan fingerprint density at radius 3 is 2.57 bits per heavy atom. The first kappa shape index (κ1) is 20.7. The quantitative estimate of drug-likeness (QED) is 0.389. The summed E-state index contributed by atoms with van der Waals surface area (Å²) in [5, 5.41) is 10.3. The fourth-order valence-electron chi connectivity index (χ4n) is 2.36. The number of primary amides is 1. The summed E-state index contributed by atoms with van der Waals surface area (Å²) in [5.41, 5.74) is 12.7. The van der Waals surface area contributed by atoms with Crippen molar-refractivity contribution in [3.05, 3.63) is 41.7 Å². The number of benzene rings is 1. The maximum absolute atomic E-state index is 12.6. The zero-order valence-corrected chi connectivity index (χ0v) is 15.5. The molecule has 0 atom stereocenters. The Morgan fingerprint density at radius 1 is 1.21 bits per heavy atom. The molecule has 3 amide bonds. The monoisotopic (exact) mass is 389 g/mol. The van der Waals surface area contributed by atoms with Gasteiger partial charge in [0, 0.05) is 12.2 Å². The zero-order chi connectivity index (χ0) is 20.5. The van der Waals surface area contributed by atoms with Gasteiger partial charge in [-0.15, -0.1) is 5.10 Å². The van der Waals surface area contributed by atoms with E-state index in [1.165, 1.54) is 15.8 Å². The first-order chi connectivity index (χ1) is 13.4. The predicted molar refractivity (Wildman–Crippen MR) is 99.3 cm³/mol. The van der Waals surface area contributed by atoms with Crippen molar-refractivity contribution in [2.45, 2.75) is 26.6 Å². The van der Waals surface area contributed by atoms with Crippen molar-refractivity contribution in [1.82, 2.24) is 25.2 Å². The van der Waals surface area contributed by atoms with Gasteiger partial charge in [0.05, 0.1) is 19.3 Å². The Hall–Kier alpha value is -3.63. The van der Waals surface area contributed by atoms with E-state index in [0.717, 1.165) is 5.56 Å². The summed E-state index contributed by atoms with van der Waals surface area (Å²) < 4.78 is 6.09. The highest BCUT2D eigenvalue weighted by Gasteiger charge is 2.18. The van der Waals surface area contributed by atoms with Gasteiger partial charge in [-0.25, -0.2) is 9.48 Å². The van der Waals surface area contributed by atoms with Crippen molar-refractivity contribution >= 4 is 23.6 Å². The minimum atomic E-state index is -0.553. The Balaban J connectivity index is 2.09. The molecular weight excluding hydrogens is 366 g/mol. The van der Waals surface area contributed by atoms with Crippen molar-refractivity contribution in [3.8, 4) is 0 Å². The number of nitrogens with two attached hydrogens (primary N) is 2. The number of nitrogens with one attached hydrogen (secondary N) is 1. The van der Waals surface area contributed by atoms with E-state index < -0.39 is 17.9 Å². The first-order valence-electron chi connectivity index (χ1n) is 8.57. The maximum atomic E-state index is 12.6. The number of hydrogen-bond donors (Lipinski definition) is 3. The third kappa shape index (κ3) is 6.59. The molecule has 0 bridgehead atoms. The van der Waals surface area contributed by atoms with Gasteiger partial charge in [0.2, 0.25) is 5.91 Å². The van der Waals surface area contributed by atoms with Crippen molar-refractivity contribution in [3.63, 3.8) is 0 Å². The van der Waals surface area contributed by atoms with E-state index in [1.54, 1.807) is 31.2 Å². The second-order valence-electron chi connectivity index (χ2n) is 5.94. The van der Waals surface area contributed by atoms with E-state index in [4.69, 9.17) is 16.2 Å². The Kier molecular flexibility index (Phi) is 7.31. The van der Waals surface area contributed by atoms with Crippen LogP contribution < -0.4 is 16.8 Å². The lowest BCUT2D eigenvalue weighted by Crippen LogP contribution is -2.41.